The summed E-state index contributed by atoms with van der Waals surface area (Å²) in [5.41, 5.74) is -0.0684. The highest BCUT2D eigenvalue weighted by molar-refractivity contribution is 5.66. The minimum absolute atomic E-state index is 0.0684. The lowest BCUT2D eigenvalue weighted by molar-refractivity contribution is -0.137. The molecule has 15 heavy (non-hydrogen) atoms. The van der Waals surface area contributed by atoms with Gasteiger partial charge in [-0.3, -0.25) is 4.79 Å². The molecule has 0 aromatic carbocycles. The van der Waals surface area contributed by atoms with E-state index in [9.17, 15) is 4.79 Å². The van der Waals surface area contributed by atoms with Crippen LogP contribution < -0.4 is 5.32 Å². The molecule has 0 aromatic rings. The fourth-order valence-electron chi connectivity index (χ4n) is 1.19. The van der Waals surface area contributed by atoms with Crippen LogP contribution in [0.25, 0.3) is 0 Å². The number of rotatable bonds is 9. The molecule has 0 spiro atoms. The largest absolute Gasteiger partial charge is 0.481 e. The van der Waals surface area contributed by atoms with Gasteiger partial charge in [0, 0.05) is 25.0 Å². The van der Waals surface area contributed by atoms with Gasteiger partial charge in [0.25, 0.3) is 0 Å². The van der Waals surface area contributed by atoms with Crippen LogP contribution in [-0.2, 0) is 4.79 Å². The van der Waals surface area contributed by atoms with Crippen molar-refractivity contribution in [2.45, 2.75) is 39.5 Å². The van der Waals surface area contributed by atoms with Crippen molar-refractivity contribution in [3.8, 4) is 0 Å². The van der Waals surface area contributed by atoms with Crippen LogP contribution in [0.5, 0.6) is 0 Å². The number of aliphatic carboxylic acids is 1. The Bertz CT molecular complexity index is 181. The fraction of sp³-hybridized carbons (Fsp3) is 0.909. The van der Waals surface area contributed by atoms with E-state index >= 15 is 0 Å². The van der Waals surface area contributed by atoms with Gasteiger partial charge in [0.05, 0.1) is 0 Å². The van der Waals surface area contributed by atoms with Crippen LogP contribution in [0, 0.1) is 5.41 Å². The Labute approximate surface area is 91.7 Å². The molecule has 0 atom stereocenters. The molecule has 4 nitrogen and oxygen atoms in total. The number of unbranched alkanes of at least 4 members (excludes halogenated alkanes) is 2. The Hall–Kier alpha value is -0.610. The summed E-state index contributed by atoms with van der Waals surface area (Å²) in [4.78, 5) is 10.2. The second kappa shape index (κ2) is 7.65. The van der Waals surface area contributed by atoms with Crippen LogP contribution in [-0.4, -0.2) is 35.9 Å². The number of aliphatic hydroxyl groups excluding tert-OH is 1. The molecular formula is C11H23NO3. The molecule has 90 valence electrons. The minimum Gasteiger partial charge on any atom is -0.481 e. The van der Waals surface area contributed by atoms with Crippen LogP contribution in [0.15, 0.2) is 0 Å². The van der Waals surface area contributed by atoms with Gasteiger partial charge in [-0.15, -0.1) is 0 Å². The molecule has 0 saturated carbocycles. The normalized spacial score (nSPS) is 11.7. The van der Waals surface area contributed by atoms with Crippen molar-refractivity contribution in [1.82, 2.24) is 5.32 Å². The van der Waals surface area contributed by atoms with Crippen LogP contribution in [0.2, 0.25) is 0 Å². The van der Waals surface area contributed by atoms with E-state index in [0.29, 0.717) is 0 Å². The zero-order valence-electron chi connectivity index (χ0n) is 9.75. The standard InChI is InChI=1S/C11H23NO3/c1-11(2,9-13)8-12-7-5-3-4-6-10(14)15/h12-13H,3-9H2,1-2H3,(H,14,15). The smallest absolute Gasteiger partial charge is 0.303 e. The maximum Gasteiger partial charge on any atom is 0.303 e. The third-order valence-electron chi connectivity index (χ3n) is 2.28. The van der Waals surface area contributed by atoms with Crippen molar-refractivity contribution in [2.75, 3.05) is 19.7 Å². The molecule has 0 aliphatic heterocycles. The van der Waals surface area contributed by atoms with Crippen molar-refractivity contribution in [1.29, 1.82) is 0 Å². The Morgan fingerprint density at radius 1 is 1.27 bits per heavy atom. The predicted molar refractivity (Wildman–Crippen MR) is 59.8 cm³/mol. The predicted octanol–water partition coefficient (Wildman–Crippen LogP) is 1.24. The van der Waals surface area contributed by atoms with Crippen LogP contribution in [0.1, 0.15) is 39.5 Å². The second-order valence-corrected chi connectivity index (χ2v) is 4.70. The van der Waals surface area contributed by atoms with Crippen molar-refractivity contribution < 1.29 is 15.0 Å². The molecule has 0 saturated heterocycles. The highest BCUT2D eigenvalue weighted by Gasteiger charge is 2.14. The lowest BCUT2D eigenvalue weighted by atomic mass is 9.95. The summed E-state index contributed by atoms with van der Waals surface area (Å²) in [6.45, 7) is 5.87. The number of aliphatic hydroxyl groups is 1. The van der Waals surface area contributed by atoms with Gasteiger partial charge in [-0.1, -0.05) is 20.3 Å². The first kappa shape index (κ1) is 14.4. The average molecular weight is 217 g/mol. The molecule has 0 unspecified atom stereocenters. The van der Waals surface area contributed by atoms with E-state index in [1.54, 1.807) is 0 Å². The summed E-state index contributed by atoms with van der Waals surface area (Å²) in [6.07, 6.45) is 2.95. The third kappa shape index (κ3) is 9.69. The first-order valence-electron chi connectivity index (χ1n) is 5.51. The van der Waals surface area contributed by atoms with Crippen molar-refractivity contribution >= 4 is 5.97 Å². The monoisotopic (exact) mass is 217 g/mol. The highest BCUT2D eigenvalue weighted by Crippen LogP contribution is 2.11. The third-order valence-corrected chi connectivity index (χ3v) is 2.28. The van der Waals surface area contributed by atoms with Gasteiger partial charge in [0.1, 0.15) is 0 Å². The summed E-state index contributed by atoms with van der Waals surface area (Å²) < 4.78 is 0. The van der Waals surface area contributed by atoms with Crippen LogP contribution >= 0.6 is 0 Å². The molecule has 0 aromatic heterocycles. The summed E-state index contributed by atoms with van der Waals surface area (Å²) >= 11 is 0. The van der Waals surface area contributed by atoms with Crippen molar-refractivity contribution in [3.63, 3.8) is 0 Å². The number of hydrogen-bond donors (Lipinski definition) is 3. The number of carboxylic acids is 1. The summed E-state index contributed by atoms with van der Waals surface area (Å²) in [5, 5.41) is 20.7. The molecule has 0 radical (unpaired) electrons. The lowest BCUT2D eigenvalue weighted by Crippen LogP contribution is -2.32. The summed E-state index contributed by atoms with van der Waals surface area (Å²) in [5.74, 6) is -0.718. The molecular weight excluding hydrogens is 194 g/mol. The Kier molecular flexibility index (Phi) is 7.34. The number of carboxylic acid groups (broad SMARTS) is 1. The van der Waals surface area contributed by atoms with Gasteiger partial charge in [-0.25, -0.2) is 0 Å². The maximum atomic E-state index is 10.2. The highest BCUT2D eigenvalue weighted by atomic mass is 16.4. The summed E-state index contributed by atoms with van der Waals surface area (Å²) in [7, 11) is 0. The van der Waals surface area contributed by atoms with E-state index in [-0.39, 0.29) is 18.4 Å². The number of nitrogens with one attached hydrogen (secondary N) is 1. The molecule has 0 fully saturated rings. The maximum absolute atomic E-state index is 10.2. The van der Waals surface area contributed by atoms with Gasteiger partial charge < -0.3 is 15.5 Å². The Balaban J connectivity index is 3.22. The van der Waals surface area contributed by atoms with E-state index in [1.807, 2.05) is 13.8 Å². The zero-order valence-corrected chi connectivity index (χ0v) is 9.75. The summed E-state index contributed by atoms with van der Waals surface area (Å²) in [6, 6.07) is 0. The fourth-order valence-corrected chi connectivity index (χ4v) is 1.19. The molecule has 0 rings (SSSR count). The van der Waals surface area contributed by atoms with Crippen LogP contribution in [0.4, 0.5) is 0 Å². The Morgan fingerprint density at radius 3 is 2.47 bits per heavy atom. The lowest BCUT2D eigenvalue weighted by Gasteiger charge is -2.21. The molecule has 0 aliphatic rings. The van der Waals surface area contributed by atoms with Gasteiger partial charge in [-0.2, -0.15) is 0 Å². The Morgan fingerprint density at radius 2 is 1.93 bits per heavy atom. The van der Waals surface area contributed by atoms with E-state index in [0.717, 1.165) is 32.4 Å². The minimum atomic E-state index is -0.718. The second-order valence-electron chi connectivity index (χ2n) is 4.70. The van der Waals surface area contributed by atoms with Crippen LogP contribution in [0.3, 0.4) is 0 Å². The molecule has 0 amide bonds. The first-order valence-corrected chi connectivity index (χ1v) is 5.51. The average Bonchev–Trinajstić information content (AvgIpc) is 2.16. The van der Waals surface area contributed by atoms with Crippen molar-refractivity contribution in [2.24, 2.45) is 5.41 Å². The molecule has 0 aliphatic carbocycles. The quantitative estimate of drug-likeness (QED) is 0.508. The topological polar surface area (TPSA) is 69.6 Å². The van der Waals surface area contributed by atoms with E-state index in [1.165, 1.54) is 0 Å². The molecule has 0 heterocycles. The molecule has 4 heteroatoms. The van der Waals surface area contributed by atoms with Gasteiger partial charge >= 0.3 is 5.97 Å². The van der Waals surface area contributed by atoms with Crippen molar-refractivity contribution in [3.05, 3.63) is 0 Å². The van der Waals surface area contributed by atoms with Gasteiger partial charge in [0.15, 0.2) is 0 Å². The van der Waals surface area contributed by atoms with Gasteiger partial charge in [-0.05, 0) is 19.4 Å². The van der Waals surface area contributed by atoms with E-state index < -0.39 is 5.97 Å². The van der Waals surface area contributed by atoms with E-state index in [2.05, 4.69) is 5.32 Å². The van der Waals surface area contributed by atoms with E-state index in [4.69, 9.17) is 10.2 Å². The first-order chi connectivity index (χ1) is 6.98. The SMILES string of the molecule is CC(C)(CO)CNCCCCCC(=O)O. The van der Waals surface area contributed by atoms with Gasteiger partial charge in [0.2, 0.25) is 0 Å². The zero-order chi connectivity index (χ0) is 11.7. The molecule has 3 N–H and O–H groups in total. The number of hydrogen-bond acceptors (Lipinski definition) is 3. The molecule has 0 bridgehead atoms. The number of carbonyl (C=O) groups is 1.